The fourth-order valence-electron chi connectivity index (χ4n) is 2.21. The SMILES string of the molecule is Oc1ccc2c(c1)C1C=CC=CC(C1)O2. The molecule has 2 atom stereocenters. The minimum Gasteiger partial charge on any atom is -0.508 e. The van der Waals surface area contributed by atoms with Gasteiger partial charge in [-0.25, -0.2) is 0 Å². The van der Waals surface area contributed by atoms with Crippen molar-refractivity contribution in [2.45, 2.75) is 18.4 Å². The van der Waals surface area contributed by atoms with Crippen LogP contribution < -0.4 is 4.74 Å². The lowest BCUT2D eigenvalue weighted by molar-refractivity contribution is 0.211. The molecule has 0 fully saturated rings. The molecule has 76 valence electrons. The van der Waals surface area contributed by atoms with E-state index in [1.807, 2.05) is 18.2 Å². The Hall–Kier alpha value is -1.70. The summed E-state index contributed by atoms with van der Waals surface area (Å²) >= 11 is 0. The summed E-state index contributed by atoms with van der Waals surface area (Å²) in [5.41, 5.74) is 1.09. The van der Waals surface area contributed by atoms with Crippen molar-refractivity contribution in [2.24, 2.45) is 0 Å². The van der Waals surface area contributed by atoms with E-state index in [0.29, 0.717) is 11.7 Å². The lowest BCUT2D eigenvalue weighted by atomic mass is 9.90. The van der Waals surface area contributed by atoms with E-state index < -0.39 is 0 Å². The van der Waals surface area contributed by atoms with E-state index in [1.165, 1.54) is 0 Å². The lowest BCUT2D eigenvalue weighted by Gasteiger charge is -2.28. The van der Waals surface area contributed by atoms with Crippen LogP contribution in [-0.4, -0.2) is 11.2 Å². The summed E-state index contributed by atoms with van der Waals surface area (Å²) in [6.45, 7) is 0. The maximum Gasteiger partial charge on any atom is 0.124 e. The Kier molecular flexibility index (Phi) is 1.81. The summed E-state index contributed by atoms with van der Waals surface area (Å²) in [6, 6.07) is 5.31. The number of phenolic OH excluding ortho intramolecular Hbond substituents is 1. The molecule has 15 heavy (non-hydrogen) atoms. The van der Waals surface area contributed by atoms with Crippen molar-refractivity contribution in [3.63, 3.8) is 0 Å². The number of allylic oxidation sites excluding steroid dienone is 3. The zero-order chi connectivity index (χ0) is 10.3. The molecule has 2 bridgehead atoms. The van der Waals surface area contributed by atoms with Crippen LogP contribution in [0.5, 0.6) is 11.5 Å². The first-order chi connectivity index (χ1) is 7.33. The van der Waals surface area contributed by atoms with Crippen molar-refractivity contribution in [3.05, 3.63) is 48.1 Å². The highest BCUT2D eigenvalue weighted by molar-refractivity contribution is 5.46. The van der Waals surface area contributed by atoms with E-state index in [9.17, 15) is 5.11 Å². The zero-order valence-corrected chi connectivity index (χ0v) is 8.26. The van der Waals surface area contributed by atoms with Gasteiger partial charge >= 0.3 is 0 Å². The molecule has 0 aromatic heterocycles. The molecule has 0 spiro atoms. The molecular weight excluding hydrogens is 188 g/mol. The highest BCUT2D eigenvalue weighted by Crippen LogP contribution is 2.40. The van der Waals surface area contributed by atoms with Gasteiger partial charge in [0.05, 0.1) is 0 Å². The molecule has 1 heterocycles. The fourth-order valence-corrected chi connectivity index (χ4v) is 2.21. The molecule has 1 aliphatic heterocycles. The number of benzene rings is 1. The summed E-state index contributed by atoms with van der Waals surface area (Å²) in [4.78, 5) is 0. The molecule has 1 aromatic rings. The Labute approximate surface area is 88.5 Å². The van der Waals surface area contributed by atoms with Crippen LogP contribution in [0.3, 0.4) is 0 Å². The Morgan fingerprint density at radius 3 is 3.00 bits per heavy atom. The maximum atomic E-state index is 9.46. The van der Waals surface area contributed by atoms with Crippen LogP contribution in [0.4, 0.5) is 0 Å². The quantitative estimate of drug-likeness (QED) is 0.697. The summed E-state index contributed by atoms with van der Waals surface area (Å²) in [5.74, 6) is 1.56. The van der Waals surface area contributed by atoms with Crippen molar-refractivity contribution >= 4 is 0 Å². The monoisotopic (exact) mass is 200 g/mol. The van der Waals surface area contributed by atoms with E-state index in [-0.39, 0.29) is 6.10 Å². The standard InChI is InChI=1S/C13H12O2/c14-10-5-6-13-12(8-10)9-3-1-2-4-11(7-9)15-13/h1-6,8-9,11,14H,7H2. The van der Waals surface area contributed by atoms with Gasteiger partial charge in [-0.15, -0.1) is 0 Å². The van der Waals surface area contributed by atoms with Crippen LogP contribution in [-0.2, 0) is 0 Å². The van der Waals surface area contributed by atoms with Gasteiger partial charge in [0.2, 0.25) is 0 Å². The number of hydrogen-bond donors (Lipinski definition) is 1. The van der Waals surface area contributed by atoms with Crippen LogP contribution in [0.2, 0.25) is 0 Å². The second-order valence-corrected chi connectivity index (χ2v) is 3.99. The van der Waals surface area contributed by atoms with E-state index in [0.717, 1.165) is 17.7 Å². The molecule has 0 radical (unpaired) electrons. The molecule has 1 aliphatic carbocycles. The van der Waals surface area contributed by atoms with Crippen LogP contribution in [0.1, 0.15) is 17.9 Å². The number of aromatic hydroxyl groups is 1. The number of fused-ring (bicyclic) bond motifs is 4. The molecule has 2 unspecified atom stereocenters. The maximum absolute atomic E-state index is 9.46. The largest absolute Gasteiger partial charge is 0.508 e. The third kappa shape index (κ3) is 1.42. The second kappa shape index (κ2) is 3.16. The van der Waals surface area contributed by atoms with Crippen LogP contribution in [0.25, 0.3) is 0 Å². The number of rotatable bonds is 0. The molecule has 1 N–H and O–H groups in total. The van der Waals surface area contributed by atoms with Gasteiger partial charge < -0.3 is 9.84 Å². The summed E-state index contributed by atoms with van der Waals surface area (Å²) < 4.78 is 5.80. The molecule has 2 heteroatoms. The van der Waals surface area contributed by atoms with Gasteiger partial charge in [0.1, 0.15) is 17.6 Å². The van der Waals surface area contributed by atoms with Crippen molar-refractivity contribution < 1.29 is 9.84 Å². The molecule has 1 aromatic carbocycles. The number of hydrogen-bond acceptors (Lipinski definition) is 2. The first-order valence-electron chi connectivity index (χ1n) is 5.17. The van der Waals surface area contributed by atoms with Crippen molar-refractivity contribution in [1.29, 1.82) is 0 Å². The second-order valence-electron chi connectivity index (χ2n) is 3.99. The Morgan fingerprint density at radius 2 is 2.07 bits per heavy atom. The molecule has 0 saturated heterocycles. The van der Waals surface area contributed by atoms with Gasteiger partial charge in [0, 0.05) is 11.5 Å². The molecule has 0 saturated carbocycles. The van der Waals surface area contributed by atoms with Crippen LogP contribution in [0.15, 0.2) is 42.5 Å². The van der Waals surface area contributed by atoms with Gasteiger partial charge in [0.25, 0.3) is 0 Å². The molecular formula is C13H12O2. The predicted molar refractivity (Wildman–Crippen MR) is 58.2 cm³/mol. The average molecular weight is 200 g/mol. The first kappa shape index (κ1) is 8.60. The predicted octanol–water partition coefficient (Wildman–Crippen LogP) is 2.75. The van der Waals surface area contributed by atoms with Crippen molar-refractivity contribution in [2.75, 3.05) is 0 Å². The highest BCUT2D eigenvalue weighted by Gasteiger charge is 2.26. The topological polar surface area (TPSA) is 29.5 Å². The number of phenols is 1. The van der Waals surface area contributed by atoms with Gasteiger partial charge in [0.15, 0.2) is 0 Å². The van der Waals surface area contributed by atoms with E-state index in [1.54, 1.807) is 12.1 Å². The Balaban J connectivity index is 2.12. The average Bonchev–Trinajstić information content (AvgIpc) is 2.43. The third-order valence-corrected chi connectivity index (χ3v) is 2.94. The first-order valence-corrected chi connectivity index (χ1v) is 5.17. The molecule has 3 rings (SSSR count). The molecule has 2 nitrogen and oxygen atoms in total. The normalized spacial score (nSPS) is 26.7. The summed E-state index contributed by atoms with van der Waals surface area (Å²) in [6.07, 6.45) is 9.44. The smallest absolute Gasteiger partial charge is 0.124 e. The zero-order valence-electron chi connectivity index (χ0n) is 8.26. The van der Waals surface area contributed by atoms with Crippen molar-refractivity contribution in [1.82, 2.24) is 0 Å². The number of ether oxygens (including phenoxy) is 1. The van der Waals surface area contributed by atoms with Crippen LogP contribution in [0, 0.1) is 0 Å². The van der Waals surface area contributed by atoms with E-state index in [2.05, 4.69) is 12.2 Å². The minimum atomic E-state index is 0.169. The summed E-state index contributed by atoms with van der Waals surface area (Å²) in [7, 11) is 0. The third-order valence-electron chi connectivity index (χ3n) is 2.94. The molecule has 2 aliphatic rings. The minimum absolute atomic E-state index is 0.169. The van der Waals surface area contributed by atoms with Gasteiger partial charge in [-0.1, -0.05) is 18.2 Å². The van der Waals surface area contributed by atoms with Crippen molar-refractivity contribution in [3.8, 4) is 11.5 Å². The Morgan fingerprint density at radius 1 is 1.20 bits per heavy atom. The van der Waals surface area contributed by atoms with Gasteiger partial charge in [-0.05, 0) is 30.7 Å². The van der Waals surface area contributed by atoms with Gasteiger partial charge in [-0.3, -0.25) is 0 Å². The van der Waals surface area contributed by atoms with Gasteiger partial charge in [-0.2, -0.15) is 0 Å². The Bertz CT molecular complexity index is 446. The lowest BCUT2D eigenvalue weighted by Crippen LogP contribution is -2.22. The fraction of sp³-hybridized carbons (Fsp3) is 0.231. The van der Waals surface area contributed by atoms with E-state index in [4.69, 9.17) is 4.74 Å². The summed E-state index contributed by atoms with van der Waals surface area (Å²) in [5, 5.41) is 9.46. The van der Waals surface area contributed by atoms with E-state index >= 15 is 0 Å². The highest BCUT2D eigenvalue weighted by atomic mass is 16.5. The van der Waals surface area contributed by atoms with Crippen LogP contribution >= 0.6 is 0 Å². The molecule has 0 amide bonds.